The molecular formula is C27H24N8O2. The zero-order chi connectivity index (χ0) is 25.6. The molecule has 10 heteroatoms. The normalized spacial score (nSPS) is 10.5. The zero-order valence-corrected chi connectivity index (χ0v) is 19.9. The van der Waals surface area contributed by atoms with Crippen LogP contribution in [0.15, 0.2) is 104 Å². The second-order valence-electron chi connectivity index (χ2n) is 8.21. The molecular weight excluding hydrogens is 468 g/mol. The van der Waals surface area contributed by atoms with Gasteiger partial charge in [-0.25, -0.2) is 19.0 Å². The third-order valence-corrected chi connectivity index (χ3v) is 5.47. The highest BCUT2D eigenvalue weighted by Gasteiger charge is 2.10. The van der Waals surface area contributed by atoms with E-state index in [0.29, 0.717) is 22.7 Å². The summed E-state index contributed by atoms with van der Waals surface area (Å²) >= 11 is 0. The SMILES string of the molecule is Cc1ccc(NC(=O)Nc2cnn(-c3ccccc3)c2)cc1NC(=O)Nc1cnn(-c2ccccc2)c1. The summed E-state index contributed by atoms with van der Waals surface area (Å²) in [6, 6.07) is 23.6. The van der Waals surface area contributed by atoms with Gasteiger partial charge in [-0.2, -0.15) is 10.2 Å². The molecule has 0 unspecified atom stereocenters. The topological polar surface area (TPSA) is 118 Å². The molecule has 0 saturated heterocycles. The van der Waals surface area contributed by atoms with Crippen LogP contribution in [0.1, 0.15) is 5.56 Å². The van der Waals surface area contributed by atoms with Crippen molar-refractivity contribution in [1.82, 2.24) is 19.6 Å². The maximum absolute atomic E-state index is 12.6. The van der Waals surface area contributed by atoms with Gasteiger partial charge in [0.25, 0.3) is 0 Å². The summed E-state index contributed by atoms with van der Waals surface area (Å²) in [5.41, 5.74) is 4.77. The van der Waals surface area contributed by atoms with Gasteiger partial charge in [0.1, 0.15) is 0 Å². The predicted octanol–water partition coefficient (Wildman–Crippen LogP) is 5.65. The van der Waals surface area contributed by atoms with Gasteiger partial charge in [0, 0.05) is 11.4 Å². The van der Waals surface area contributed by atoms with E-state index in [2.05, 4.69) is 31.5 Å². The Labute approximate surface area is 212 Å². The van der Waals surface area contributed by atoms with Crippen molar-refractivity contribution in [2.75, 3.05) is 21.3 Å². The van der Waals surface area contributed by atoms with E-state index in [1.165, 1.54) is 0 Å². The molecule has 5 aromatic rings. The minimum atomic E-state index is -0.430. The fourth-order valence-corrected chi connectivity index (χ4v) is 3.63. The van der Waals surface area contributed by atoms with Crippen molar-refractivity contribution < 1.29 is 9.59 Å². The molecule has 0 aliphatic carbocycles. The number of anilines is 4. The van der Waals surface area contributed by atoms with Crippen molar-refractivity contribution in [3.05, 3.63) is 109 Å². The highest BCUT2D eigenvalue weighted by atomic mass is 16.2. The number of hydrogen-bond donors (Lipinski definition) is 4. The van der Waals surface area contributed by atoms with E-state index in [0.717, 1.165) is 16.9 Å². The maximum atomic E-state index is 12.6. The maximum Gasteiger partial charge on any atom is 0.323 e. The molecule has 2 heterocycles. The number of nitrogens with one attached hydrogen (secondary N) is 4. The number of aryl methyl sites for hydroxylation is 1. The van der Waals surface area contributed by atoms with Crippen molar-refractivity contribution in [2.45, 2.75) is 6.92 Å². The van der Waals surface area contributed by atoms with Crippen molar-refractivity contribution in [1.29, 1.82) is 0 Å². The molecule has 2 aromatic heterocycles. The Kier molecular flexibility index (Phi) is 6.62. The molecule has 0 bridgehead atoms. The molecule has 0 radical (unpaired) electrons. The number of carbonyl (C=O) groups is 2. The average molecular weight is 493 g/mol. The first kappa shape index (κ1) is 23.4. The molecule has 0 aliphatic rings. The summed E-state index contributed by atoms with van der Waals surface area (Å²) in [7, 11) is 0. The van der Waals surface area contributed by atoms with Gasteiger partial charge in [-0.15, -0.1) is 0 Å². The lowest BCUT2D eigenvalue weighted by Gasteiger charge is -2.12. The van der Waals surface area contributed by atoms with E-state index in [1.807, 2.05) is 73.7 Å². The van der Waals surface area contributed by atoms with Crippen LogP contribution in [0.4, 0.5) is 32.3 Å². The number of para-hydroxylation sites is 2. The second kappa shape index (κ2) is 10.5. The minimum absolute atomic E-state index is 0.425. The number of carbonyl (C=O) groups excluding carboxylic acids is 2. The molecule has 4 amide bonds. The van der Waals surface area contributed by atoms with E-state index >= 15 is 0 Å². The summed E-state index contributed by atoms with van der Waals surface area (Å²) in [6.45, 7) is 1.87. The standard InChI is InChI=1S/C27H24N8O2/c1-19-12-13-20(30-26(36)31-21-15-28-34(17-21)23-8-4-2-5-9-23)14-25(19)33-27(37)32-22-16-29-35(18-22)24-10-6-3-7-11-24/h2-18H,1H3,(H2,30,31,36)(H2,32,33,37). The first-order valence-electron chi connectivity index (χ1n) is 11.5. The van der Waals surface area contributed by atoms with E-state index in [9.17, 15) is 9.59 Å². The van der Waals surface area contributed by atoms with Crippen LogP contribution in [0.2, 0.25) is 0 Å². The third kappa shape index (κ3) is 5.82. The highest BCUT2D eigenvalue weighted by molar-refractivity contribution is 6.02. The number of hydrogen-bond acceptors (Lipinski definition) is 4. The number of benzene rings is 3. The second-order valence-corrected chi connectivity index (χ2v) is 8.21. The number of urea groups is 2. The van der Waals surface area contributed by atoms with Gasteiger partial charge in [-0.05, 0) is 48.9 Å². The lowest BCUT2D eigenvalue weighted by atomic mass is 10.2. The molecule has 37 heavy (non-hydrogen) atoms. The monoisotopic (exact) mass is 492 g/mol. The van der Waals surface area contributed by atoms with Crippen LogP contribution < -0.4 is 21.3 Å². The molecule has 0 spiro atoms. The fourth-order valence-electron chi connectivity index (χ4n) is 3.63. The van der Waals surface area contributed by atoms with Crippen LogP contribution in [0, 0.1) is 6.92 Å². The van der Waals surface area contributed by atoms with Crippen LogP contribution in [0.5, 0.6) is 0 Å². The highest BCUT2D eigenvalue weighted by Crippen LogP contribution is 2.21. The van der Waals surface area contributed by atoms with Crippen LogP contribution in [0.3, 0.4) is 0 Å². The van der Waals surface area contributed by atoms with E-state index in [-0.39, 0.29) is 0 Å². The molecule has 5 rings (SSSR count). The van der Waals surface area contributed by atoms with E-state index in [4.69, 9.17) is 0 Å². The lowest BCUT2D eigenvalue weighted by molar-refractivity contribution is 0.261. The van der Waals surface area contributed by atoms with Gasteiger partial charge in [0.05, 0.1) is 47.5 Å². The Morgan fingerprint density at radius 2 is 1.11 bits per heavy atom. The number of rotatable bonds is 6. The molecule has 4 N–H and O–H groups in total. The Bertz CT molecular complexity index is 1530. The molecule has 10 nitrogen and oxygen atoms in total. The molecule has 0 saturated carbocycles. The van der Waals surface area contributed by atoms with Crippen molar-refractivity contribution in [3.8, 4) is 11.4 Å². The van der Waals surface area contributed by atoms with Gasteiger partial charge in [-0.1, -0.05) is 42.5 Å². The third-order valence-electron chi connectivity index (χ3n) is 5.47. The van der Waals surface area contributed by atoms with Gasteiger partial charge < -0.3 is 21.3 Å². The molecule has 0 aliphatic heterocycles. The number of nitrogens with zero attached hydrogens (tertiary/aromatic N) is 4. The van der Waals surface area contributed by atoms with E-state index < -0.39 is 12.1 Å². The Hall–Kier alpha value is -5.38. The summed E-state index contributed by atoms with van der Waals surface area (Å²) < 4.78 is 3.35. The summed E-state index contributed by atoms with van der Waals surface area (Å²) in [4.78, 5) is 25.1. The Morgan fingerprint density at radius 1 is 0.622 bits per heavy atom. The molecule has 0 fully saturated rings. The Balaban J connectivity index is 1.19. The van der Waals surface area contributed by atoms with Gasteiger partial charge in [0.2, 0.25) is 0 Å². The van der Waals surface area contributed by atoms with Gasteiger partial charge in [-0.3, -0.25) is 0 Å². The Morgan fingerprint density at radius 3 is 1.65 bits per heavy atom. The fraction of sp³-hybridized carbons (Fsp3) is 0.0370. The van der Waals surface area contributed by atoms with Crippen molar-refractivity contribution in [2.24, 2.45) is 0 Å². The van der Waals surface area contributed by atoms with Gasteiger partial charge >= 0.3 is 12.1 Å². The average Bonchev–Trinajstić information content (AvgIpc) is 3.57. The van der Waals surface area contributed by atoms with Gasteiger partial charge in [0.15, 0.2) is 0 Å². The summed E-state index contributed by atoms with van der Waals surface area (Å²) in [5.74, 6) is 0. The van der Waals surface area contributed by atoms with Crippen LogP contribution >= 0.6 is 0 Å². The molecule has 3 aromatic carbocycles. The summed E-state index contributed by atoms with van der Waals surface area (Å²) in [5, 5.41) is 19.7. The van der Waals surface area contributed by atoms with Crippen molar-refractivity contribution in [3.63, 3.8) is 0 Å². The minimum Gasteiger partial charge on any atom is -0.308 e. The molecule has 0 atom stereocenters. The number of amides is 4. The predicted molar refractivity (Wildman–Crippen MR) is 144 cm³/mol. The van der Waals surface area contributed by atoms with Crippen LogP contribution in [-0.4, -0.2) is 31.6 Å². The zero-order valence-electron chi connectivity index (χ0n) is 19.9. The lowest BCUT2D eigenvalue weighted by Crippen LogP contribution is -2.21. The van der Waals surface area contributed by atoms with Crippen molar-refractivity contribution >= 4 is 34.8 Å². The first-order chi connectivity index (χ1) is 18.0. The first-order valence-corrected chi connectivity index (χ1v) is 11.5. The van der Waals surface area contributed by atoms with Crippen LogP contribution in [-0.2, 0) is 0 Å². The smallest absolute Gasteiger partial charge is 0.308 e. The number of aromatic nitrogens is 4. The van der Waals surface area contributed by atoms with E-state index in [1.54, 1.807) is 46.3 Å². The quantitative estimate of drug-likeness (QED) is 0.245. The largest absolute Gasteiger partial charge is 0.323 e. The van der Waals surface area contributed by atoms with Crippen LogP contribution in [0.25, 0.3) is 11.4 Å². The summed E-state index contributed by atoms with van der Waals surface area (Å²) in [6.07, 6.45) is 6.59. The molecule has 184 valence electrons.